The van der Waals surface area contributed by atoms with E-state index < -0.39 is 0 Å². The maximum absolute atomic E-state index is 12.4. The Bertz CT molecular complexity index is 614. The number of nitrogens with zero attached hydrogens (tertiary/aromatic N) is 2. The van der Waals surface area contributed by atoms with Crippen LogP contribution < -0.4 is 0 Å². The number of piperazine rings is 1. The molecule has 0 aromatic heterocycles. The van der Waals surface area contributed by atoms with Crippen molar-refractivity contribution < 1.29 is 9.53 Å². The number of allylic oxidation sites excluding steroid dienone is 3. The lowest BCUT2D eigenvalue weighted by atomic mass is 10.1. The Morgan fingerprint density at radius 2 is 1.88 bits per heavy atom. The molecule has 0 radical (unpaired) electrons. The Morgan fingerprint density at radius 3 is 2.52 bits per heavy atom. The molecule has 1 amide bonds. The summed E-state index contributed by atoms with van der Waals surface area (Å²) in [6.07, 6.45) is 6.51. The second-order valence-corrected chi connectivity index (χ2v) is 6.45. The van der Waals surface area contributed by atoms with Crippen LogP contribution in [-0.2, 0) is 22.7 Å². The molecule has 1 aliphatic heterocycles. The second kappa shape index (κ2) is 10.2. The number of hydrogen-bond acceptors (Lipinski definition) is 3. The molecule has 1 aliphatic rings. The Balaban J connectivity index is 1.83. The fraction of sp³-hybridized carbons (Fsp3) is 0.476. The van der Waals surface area contributed by atoms with Crippen molar-refractivity contribution in [3.8, 4) is 0 Å². The molecule has 1 aromatic carbocycles. The first-order valence-electron chi connectivity index (χ1n) is 9.01. The molecule has 1 fully saturated rings. The lowest BCUT2D eigenvalue weighted by Gasteiger charge is -2.35. The van der Waals surface area contributed by atoms with Crippen LogP contribution in [0.5, 0.6) is 0 Å². The molecule has 4 heteroatoms. The molecule has 0 atom stereocenters. The van der Waals surface area contributed by atoms with Gasteiger partial charge in [-0.1, -0.05) is 42.5 Å². The SMILES string of the molecule is C/C=C\C(=C/C)CC(=O)N1CCN(Cc2cccc(COC)c2)CC1. The minimum Gasteiger partial charge on any atom is -0.380 e. The zero-order valence-electron chi connectivity index (χ0n) is 15.7. The summed E-state index contributed by atoms with van der Waals surface area (Å²) < 4.78 is 5.20. The third-order valence-electron chi connectivity index (χ3n) is 4.54. The van der Waals surface area contributed by atoms with Gasteiger partial charge in [-0.2, -0.15) is 0 Å². The molecule has 0 unspecified atom stereocenters. The summed E-state index contributed by atoms with van der Waals surface area (Å²) in [6.45, 7) is 9.01. The van der Waals surface area contributed by atoms with Gasteiger partial charge in [-0.3, -0.25) is 9.69 Å². The number of rotatable bonds is 7. The zero-order valence-corrected chi connectivity index (χ0v) is 15.7. The second-order valence-electron chi connectivity index (χ2n) is 6.45. The fourth-order valence-corrected chi connectivity index (χ4v) is 3.16. The lowest BCUT2D eigenvalue weighted by Crippen LogP contribution is -2.48. The summed E-state index contributed by atoms with van der Waals surface area (Å²) in [6, 6.07) is 8.54. The van der Waals surface area contributed by atoms with E-state index in [1.807, 2.05) is 37.0 Å². The Labute approximate surface area is 151 Å². The van der Waals surface area contributed by atoms with Crippen LogP contribution in [0.3, 0.4) is 0 Å². The average Bonchev–Trinajstić information content (AvgIpc) is 2.62. The van der Waals surface area contributed by atoms with E-state index in [2.05, 4.69) is 29.2 Å². The van der Waals surface area contributed by atoms with Crippen LogP contribution in [0.1, 0.15) is 31.4 Å². The van der Waals surface area contributed by atoms with Gasteiger partial charge in [0, 0.05) is 39.8 Å². The molecule has 4 nitrogen and oxygen atoms in total. The van der Waals surface area contributed by atoms with E-state index >= 15 is 0 Å². The predicted molar refractivity (Wildman–Crippen MR) is 102 cm³/mol. The van der Waals surface area contributed by atoms with Gasteiger partial charge in [0.1, 0.15) is 0 Å². The predicted octanol–water partition coefficient (Wildman–Crippen LogP) is 3.39. The van der Waals surface area contributed by atoms with E-state index in [0.29, 0.717) is 13.0 Å². The van der Waals surface area contributed by atoms with Gasteiger partial charge in [-0.05, 0) is 30.5 Å². The standard InChI is InChI=1S/C21H30N2O2/c1-4-7-18(5-2)15-21(24)23-12-10-22(11-13-23)16-19-8-6-9-20(14-19)17-25-3/h4-9,14H,10-13,15-17H2,1-3H3/b7-4-,18-5+. The van der Waals surface area contributed by atoms with Crippen LogP contribution in [0.25, 0.3) is 0 Å². The monoisotopic (exact) mass is 342 g/mol. The first-order valence-corrected chi connectivity index (χ1v) is 9.01. The molecular weight excluding hydrogens is 312 g/mol. The highest BCUT2D eigenvalue weighted by Gasteiger charge is 2.21. The summed E-state index contributed by atoms with van der Waals surface area (Å²) in [5, 5.41) is 0. The number of ether oxygens (including phenoxy) is 1. The van der Waals surface area contributed by atoms with Crippen LogP contribution in [-0.4, -0.2) is 49.0 Å². The molecule has 2 rings (SSSR count). The van der Waals surface area contributed by atoms with Crippen LogP contribution in [0.15, 0.2) is 48.1 Å². The number of hydrogen-bond donors (Lipinski definition) is 0. The first kappa shape index (κ1) is 19.4. The highest BCUT2D eigenvalue weighted by Crippen LogP contribution is 2.13. The van der Waals surface area contributed by atoms with Crippen molar-refractivity contribution in [2.24, 2.45) is 0 Å². The molecule has 1 aromatic rings. The number of methoxy groups -OCH3 is 1. The summed E-state index contributed by atoms with van der Waals surface area (Å²) in [4.78, 5) is 16.8. The van der Waals surface area contributed by atoms with Gasteiger partial charge < -0.3 is 9.64 Å². The normalized spacial score (nSPS) is 16.6. The van der Waals surface area contributed by atoms with E-state index in [4.69, 9.17) is 4.74 Å². The van der Waals surface area contributed by atoms with Crippen LogP contribution in [0.2, 0.25) is 0 Å². The Morgan fingerprint density at radius 1 is 1.16 bits per heavy atom. The van der Waals surface area contributed by atoms with E-state index in [-0.39, 0.29) is 5.91 Å². The van der Waals surface area contributed by atoms with Crippen molar-refractivity contribution in [3.63, 3.8) is 0 Å². The van der Waals surface area contributed by atoms with Gasteiger partial charge >= 0.3 is 0 Å². The maximum Gasteiger partial charge on any atom is 0.227 e. The molecule has 25 heavy (non-hydrogen) atoms. The molecule has 136 valence electrons. The number of benzene rings is 1. The molecule has 0 bridgehead atoms. The molecule has 0 N–H and O–H groups in total. The largest absolute Gasteiger partial charge is 0.380 e. The van der Waals surface area contributed by atoms with Gasteiger partial charge in [0.25, 0.3) is 0 Å². The van der Waals surface area contributed by atoms with Gasteiger partial charge in [-0.15, -0.1) is 0 Å². The van der Waals surface area contributed by atoms with Crippen molar-refractivity contribution in [2.45, 2.75) is 33.4 Å². The molecule has 0 spiro atoms. The number of carbonyl (C=O) groups excluding carboxylic acids is 1. The van der Waals surface area contributed by atoms with Gasteiger partial charge in [0.05, 0.1) is 13.0 Å². The van der Waals surface area contributed by atoms with E-state index in [0.717, 1.165) is 38.3 Å². The van der Waals surface area contributed by atoms with Crippen molar-refractivity contribution in [1.82, 2.24) is 9.80 Å². The van der Waals surface area contributed by atoms with Crippen molar-refractivity contribution in [2.75, 3.05) is 33.3 Å². The quantitative estimate of drug-likeness (QED) is 0.712. The minimum absolute atomic E-state index is 0.230. The molecule has 0 aliphatic carbocycles. The van der Waals surface area contributed by atoms with Gasteiger partial charge in [0.2, 0.25) is 5.91 Å². The smallest absolute Gasteiger partial charge is 0.227 e. The van der Waals surface area contributed by atoms with Crippen LogP contribution >= 0.6 is 0 Å². The number of carbonyl (C=O) groups is 1. The molecule has 1 saturated heterocycles. The van der Waals surface area contributed by atoms with Crippen molar-refractivity contribution >= 4 is 5.91 Å². The Hall–Kier alpha value is -1.91. The molecule has 1 heterocycles. The van der Waals surface area contributed by atoms with Gasteiger partial charge in [0.15, 0.2) is 0 Å². The topological polar surface area (TPSA) is 32.8 Å². The summed E-state index contributed by atoms with van der Waals surface area (Å²) in [7, 11) is 1.72. The highest BCUT2D eigenvalue weighted by atomic mass is 16.5. The van der Waals surface area contributed by atoms with E-state index in [9.17, 15) is 4.79 Å². The summed E-state index contributed by atoms with van der Waals surface area (Å²) in [5.41, 5.74) is 3.60. The molecule has 0 saturated carbocycles. The van der Waals surface area contributed by atoms with E-state index in [1.165, 1.54) is 11.1 Å². The Kier molecular flexibility index (Phi) is 7.89. The van der Waals surface area contributed by atoms with Gasteiger partial charge in [-0.25, -0.2) is 0 Å². The minimum atomic E-state index is 0.230. The number of amides is 1. The van der Waals surface area contributed by atoms with Crippen molar-refractivity contribution in [1.29, 1.82) is 0 Å². The average molecular weight is 342 g/mol. The first-order chi connectivity index (χ1) is 12.2. The van der Waals surface area contributed by atoms with Crippen LogP contribution in [0, 0.1) is 0 Å². The van der Waals surface area contributed by atoms with E-state index in [1.54, 1.807) is 7.11 Å². The molecular formula is C21H30N2O2. The lowest BCUT2D eigenvalue weighted by molar-refractivity contribution is -0.132. The highest BCUT2D eigenvalue weighted by molar-refractivity contribution is 5.79. The third kappa shape index (κ3) is 6.15. The van der Waals surface area contributed by atoms with Crippen molar-refractivity contribution in [3.05, 3.63) is 59.2 Å². The maximum atomic E-state index is 12.4. The summed E-state index contributed by atoms with van der Waals surface area (Å²) >= 11 is 0. The van der Waals surface area contributed by atoms with Crippen LogP contribution in [0.4, 0.5) is 0 Å². The fourth-order valence-electron chi connectivity index (χ4n) is 3.16. The third-order valence-corrected chi connectivity index (χ3v) is 4.54. The summed E-state index contributed by atoms with van der Waals surface area (Å²) in [5.74, 6) is 0.230. The zero-order chi connectivity index (χ0) is 18.1.